The highest BCUT2D eigenvalue weighted by molar-refractivity contribution is 5.39. The number of pyridine rings is 1. The number of halogens is 3. The summed E-state index contributed by atoms with van der Waals surface area (Å²) in [7, 11) is 0. The minimum atomic E-state index is -4.32. The first kappa shape index (κ1) is 15.1. The maximum absolute atomic E-state index is 12.6. The molecule has 2 rings (SSSR count). The van der Waals surface area contributed by atoms with Gasteiger partial charge in [-0.2, -0.15) is 13.2 Å². The van der Waals surface area contributed by atoms with Crippen LogP contribution in [0.4, 0.5) is 19.0 Å². The fourth-order valence-electron chi connectivity index (χ4n) is 2.46. The predicted octanol–water partition coefficient (Wildman–Crippen LogP) is 3.39. The number of hydrogen-bond donors (Lipinski definition) is 1. The van der Waals surface area contributed by atoms with Crippen molar-refractivity contribution in [3.05, 3.63) is 23.9 Å². The fourth-order valence-corrected chi connectivity index (χ4v) is 2.46. The molecule has 0 bridgehead atoms. The van der Waals surface area contributed by atoms with Crippen molar-refractivity contribution in [2.75, 3.05) is 18.4 Å². The van der Waals surface area contributed by atoms with Crippen LogP contribution in [-0.4, -0.2) is 35.1 Å². The third kappa shape index (κ3) is 3.85. The lowest BCUT2D eigenvalue weighted by atomic mass is 10.0. The van der Waals surface area contributed by atoms with Crippen LogP contribution in [0.2, 0.25) is 0 Å². The van der Waals surface area contributed by atoms with Gasteiger partial charge in [0, 0.05) is 31.4 Å². The van der Waals surface area contributed by atoms with Crippen LogP contribution in [0.5, 0.6) is 0 Å². The molecule has 1 fully saturated rings. The first-order chi connectivity index (χ1) is 9.36. The van der Waals surface area contributed by atoms with Crippen molar-refractivity contribution < 1.29 is 13.2 Å². The van der Waals surface area contributed by atoms with Crippen LogP contribution in [0.25, 0.3) is 0 Å². The Labute approximate surface area is 117 Å². The molecule has 0 amide bonds. The van der Waals surface area contributed by atoms with Gasteiger partial charge in [0.1, 0.15) is 5.82 Å². The van der Waals surface area contributed by atoms with Gasteiger partial charge < -0.3 is 10.2 Å². The molecule has 1 N–H and O–H groups in total. The van der Waals surface area contributed by atoms with E-state index < -0.39 is 11.7 Å². The van der Waals surface area contributed by atoms with E-state index in [2.05, 4.69) is 29.0 Å². The maximum Gasteiger partial charge on any atom is 0.416 e. The van der Waals surface area contributed by atoms with Crippen LogP contribution in [0.3, 0.4) is 0 Å². The average molecular weight is 287 g/mol. The van der Waals surface area contributed by atoms with Gasteiger partial charge >= 0.3 is 6.18 Å². The van der Waals surface area contributed by atoms with Crippen molar-refractivity contribution in [2.45, 2.75) is 44.9 Å². The molecule has 0 unspecified atom stereocenters. The van der Waals surface area contributed by atoms with Gasteiger partial charge in [-0.25, -0.2) is 4.98 Å². The predicted molar refractivity (Wildman–Crippen MR) is 72.6 cm³/mol. The summed E-state index contributed by atoms with van der Waals surface area (Å²) < 4.78 is 37.9. The van der Waals surface area contributed by atoms with E-state index in [4.69, 9.17) is 0 Å². The Hall–Kier alpha value is -1.30. The summed E-state index contributed by atoms with van der Waals surface area (Å²) in [5, 5.41) is 3.12. The van der Waals surface area contributed by atoms with Crippen LogP contribution < -0.4 is 5.32 Å². The highest BCUT2D eigenvalue weighted by Crippen LogP contribution is 2.30. The summed E-state index contributed by atoms with van der Waals surface area (Å²) >= 11 is 0. The van der Waals surface area contributed by atoms with Crippen molar-refractivity contribution >= 4 is 5.82 Å². The van der Waals surface area contributed by atoms with Gasteiger partial charge in [-0.15, -0.1) is 0 Å². The number of nitrogens with zero attached hydrogens (tertiary/aromatic N) is 2. The second-order valence-corrected chi connectivity index (χ2v) is 5.48. The number of rotatable bonds is 3. The number of hydrogen-bond acceptors (Lipinski definition) is 3. The summed E-state index contributed by atoms with van der Waals surface area (Å²) in [5.41, 5.74) is -0.658. The standard InChI is InChI=1S/C14H20F3N3/c1-10(2)20-7-4-12(5-8-20)19-13-9-11(3-6-18-13)14(15,16)17/h3,6,9-10,12H,4-5,7-8H2,1-2H3,(H,18,19). The summed E-state index contributed by atoms with van der Waals surface area (Å²) in [6.07, 6.45) is -1.26. The lowest BCUT2D eigenvalue weighted by Gasteiger charge is -2.35. The van der Waals surface area contributed by atoms with Gasteiger partial charge in [0.05, 0.1) is 5.56 Å². The summed E-state index contributed by atoms with van der Waals surface area (Å²) in [6, 6.07) is 2.78. The average Bonchev–Trinajstić information content (AvgIpc) is 2.38. The molecular formula is C14H20F3N3. The third-order valence-corrected chi connectivity index (χ3v) is 3.70. The Morgan fingerprint density at radius 2 is 1.95 bits per heavy atom. The molecule has 20 heavy (non-hydrogen) atoms. The van der Waals surface area contributed by atoms with Crippen LogP contribution in [0, 0.1) is 0 Å². The zero-order valence-corrected chi connectivity index (χ0v) is 11.7. The zero-order valence-electron chi connectivity index (χ0n) is 11.7. The van der Waals surface area contributed by atoms with Gasteiger partial charge in [0.15, 0.2) is 0 Å². The van der Waals surface area contributed by atoms with Crippen LogP contribution in [0.15, 0.2) is 18.3 Å². The fraction of sp³-hybridized carbons (Fsp3) is 0.643. The second-order valence-electron chi connectivity index (χ2n) is 5.48. The molecule has 1 aromatic rings. The van der Waals surface area contributed by atoms with Gasteiger partial charge in [0.25, 0.3) is 0 Å². The molecule has 1 aliphatic heterocycles. The van der Waals surface area contributed by atoms with Gasteiger partial charge in [-0.3, -0.25) is 0 Å². The van der Waals surface area contributed by atoms with Crippen LogP contribution in [0.1, 0.15) is 32.3 Å². The molecule has 0 radical (unpaired) electrons. The van der Waals surface area contributed by atoms with E-state index in [0.29, 0.717) is 11.9 Å². The summed E-state index contributed by atoms with van der Waals surface area (Å²) in [4.78, 5) is 6.35. The molecule has 0 spiro atoms. The Bertz CT molecular complexity index is 438. The quantitative estimate of drug-likeness (QED) is 0.923. The molecule has 0 atom stereocenters. The lowest BCUT2D eigenvalue weighted by molar-refractivity contribution is -0.137. The number of aromatic nitrogens is 1. The third-order valence-electron chi connectivity index (χ3n) is 3.70. The van der Waals surface area contributed by atoms with Crippen molar-refractivity contribution in [1.82, 2.24) is 9.88 Å². The number of alkyl halides is 3. The van der Waals surface area contributed by atoms with Crippen LogP contribution >= 0.6 is 0 Å². The summed E-state index contributed by atoms with van der Waals surface area (Å²) in [6.45, 7) is 6.24. The normalized spacial score (nSPS) is 18.5. The van der Waals surface area contributed by atoms with Crippen molar-refractivity contribution in [2.24, 2.45) is 0 Å². The van der Waals surface area contributed by atoms with Crippen LogP contribution in [-0.2, 0) is 6.18 Å². The number of piperidine rings is 1. The number of likely N-dealkylation sites (tertiary alicyclic amines) is 1. The van der Waals surface area contributed by atoms with E-state index in [9.17, 15) is 13.2 Å². The minimum Gasteiger partial charge on any atom is -0.367 e. The first-order valence-electron chi connectivity index (χ1n) is 6.90. The molecule has 0 aromatic carbocycles. The Morgan fingerprint density at radius 3 is 2.50 bits per heavy atom. The second kappa shape index (κ2) is 5.99. The Balaban J connectivity index is 1.95. The van der Waals surface area contributed by atoms with Gasteiger partial charge in [-0.1, -0.05) is 0 Å². The van der Waals surface area contributed by atoms with E-state index in [1.165, 1.54) is 6.20 Å². The largest absolute Gasteiger partial charge is 0.416 e. The van der Waals surface area contributed by atoms with Crippen molar-refractivity contribution in [3.63, 3.8) is 0 Å². The maximum atomic E-state index is 12.6. The Kier molecular flexibility index (Phi) is 4.52. The molecule has 1 saturated heterocycles. The van der Waals surface area contributed by atoms with Gasteiger partial charge in [0.2, 0.25) is 0 Å². The first-order valence-corrected chi connectivity index (χ1v) is 6.90. The molecule has 6 heteroatoms. The van der Waals surface area contributed by atoms with Gasteiger partial charge in [-0.05, 0) is 38.8 Å². The lowest BCUT2D eigenvalue weighted by Crippen LogP contribution is -2.42. The van der Waals surface area contributed by atoms with E-state index in [1.54, 1.807) is 0 Å². The molecular weight excluding hydrogens is 267 g/mol. The monoisotopic (exact) mass is 287 g/mol. The molecule has 112 valence electrons. The minimum absolute atomic E-state index is 0.195. The molecule has 0 saturated carbocycles. The number of nitrogens with one attached hydrogen (secondary N) is 1. The van der Waals surface area contributed by atoms with E-state index in [0.717, 1.165) is 38.1 Å². The number of anilines is 1. The van der Waals surface area contributed by atoms with E-state index >= 15 is 0 Å². The SMILES string of the molecule is CC(C)N1CCC(Nc2cc(C(F)(F)F)ccn2)CC1. The van der Waals surface area contributed by atoms with E-state index in [1.807, 2.05) is 0 Å². The summed E-state index contributed by atoms with van der Waals surface area (Å²) in [5.74, 6) is 0.308. The molecule has 1 aliphatic rings. The highest BCUT2D eigenvalue weighted by atomic mass is 19.4. The topological polar surface area (TPSA) is 28.2 Å². The zero-order chi connectivity index (χ0) is 14.8. The van der Waals surface area contributed by atoms with Crippen molar-refractivity contribution in [3.8, 4) is 0 Å². The van der Waals surface area contributed by atoms with Crippen molar-refractivity contribution in [1.29, 1.82) is 0 Å². The molecule has 1 aromatic heterocycles. The molecule has 0 aliphatic carbocycles. The Morgan fingerprint density at radius 1 is 1.30 bits per heavy atom. The highest BCUT2D eigenvalue weighted by Gasteiger charge is 2.31. The molecule has 3 nitrogen and oxygen atoms in total. The smallest absolute Gasteiger partial charge is 0.367 e. The van der Waals surface area contributed by atoms with E-state index in [-0.39, 0.29) is 6.04 Å². The molecule has 2 heterocycles.